The fourth-order valence-electron chi connectivity index (χ4n) is 2.69. The highest BCUT2D eigenvalue weighted by Gasteiger charge is 2.30. The topological polar surface area (TPSA) is 59.6 Å². The molecule has 0 aromatic heterocycles. The lowest BCUT2D eigenvalue weighted by atomic mass is 10.1. The molecule has 0 bridgehead atoms. The van der Waals surface area contributed by atoms with Crippen LogP contribution in [0.1, 0.15) is 24.1 Å². The zero-order valence-electron chi connectivity index (χ0n) is 14.5. The molecule has 0 radical (unpaired) electrons. The Bertz CT molecular complexity index is 811. The molecule has 0 saturated heterocycles. The molecule has 0 spiro atoms. The van der Waals surface area contributed by atoms with Crippen LogP contribution in [0.4, 0.5) is 18.0 Å². The van der Waals surface area contributed by atoms with Crippen molar-refractivity contribution in [3.63, 3.8) is 0 Å². The molecule has 8 heteroatoms. The van der Waals surface area contributed by atoms with Gasteiger partial charge in [0.2, 0.25) is 0 Å². The Hall–Kier alpha value is -2.90. The molecule has 2 N–H and O–H groups in total. The SMILES string of the molecule is CC(NC(=O)NCC1COc2ccccc2O1)c1cccc(C(F)(F)F)c1. The number of rotatable bonds is 4. The Morgan fingerprint density at radius 3 is 2.67 bits per heavy atom. The number of halogens is 3. The van der Waals surface area contributed by atoms with E-state index in [0.29, 0.717) is 23.7 Å². The van der Waals surface area contributed by atoms with Crippen molar-refractivity contribution in [1.82, 2.24) is 10.6 Å². The second kappa shape index (κ2) is 7.77. The zero-order chi connectivity index (χ0) is 19.4. The van der Waals surface area contributed by atoms with E-state index in [0.717, 1.165) is 12.1 Å². The molecule has 2 atom stereocenters. The number of benzene rings is 2. The number of amides is 2. The largest absolute Gasteiger partial charge is 0.486 e. The summed E-state index contributed by atoms with van der Waals surface area (Å²) in [6, 6.07) is 11.0. The first kappa shape index (κ1) is 18.9. The van der Waals surface area contributed by atoms with Gasteiger partial charge in [0.1, 0.15) is 6.61 Å². The Balaban J connectivity index is 1.51. The number of hydrogen-bond acceptors (Lipinski definition) is 3. The summed E-state index contributed by atoms with van der Waals surface area (Å²) >= 11 is 0. The van der Waals surface area contributed by atoms with Crippen LogP contribution in [0.5, 0.6) is 11.5 Å². The molecule has 2 aromatic rings. The number of fused-ring (bicyclic) bond motifs is 1. The highest BCUT2D eigenvalue weighted by atomic mass is 19.4. The fraction of sp³-hybridized carbons (Fsp3) is 0.316. The molecule has 1 aliphatic rings. The van der Waals surface area contributed by atoms with Gasteiger partial charge in [-0.1, -0.05) is 24.3 Å². The summed E-state index contributed by atoms with van der Waals surface area (Å²) in [6.45, 7) is 2.11. The number of urea groups is 1. The van der Waals surface area contributed by atoms with Gasteiger partial charge in [0.05, 0.1) is 18.2 Å². The van der Waals surface area contributed by atoms with Crippen LogP contribution in [0, 0.1) is 0 Å². The minimum atomic E-state index is -4.42. The molecule has 2 aromatic carbocycles. The predicted molar refractivity (Wildman–Crippen MR) is 92.7 cm³/mol. The number of para-hydroxylation sites is 2. The summed E-state index contributed by atoms with van der Waals surface area (Å²) in [5, 5.41) is 5.27. The summed E-state index contributed by atoms with van der Waals surface area (Å²) in [5.74, 6) is 1.25. The van der Waals surface area contributed by atoms with Crippen LogP contribution in [-0.2, 0) is 6.18 Å². The molecule has 1 aliphatic heterocycles. The number of nitrogens with one attached hydrogen (secondary N) is 2. The number of carbonyl (C=O) groups is 1. The third-order valence-electron chi connectivity index (χ3n) is 4.12. The molecule has 1 heterocycles. The molecule has 3 rings (SSSR count). The lowest BCUT2D eigenvalue weighted by Gasteiger charge is -2.26. The van der Waals surface area contributed by atoms with Crippen LogP contribution in [0.25, 0.3) is 0 Å². The van der Waals surface area contributed by atoms with Gasteiger partial charge in [-0.25, -0.2) is 4.79 Å². The van der Waals surface area contributed by atoms with Crippen LogP contribution in [0.15, 0.2) is 48.5 Å². The van der Waals surface area contributed by atoms with Crippen molar-refractivity contribution >= 4 is 6.03 Å². The third kappa shape index (κ3) is 4.84. The summed E-state index contributed by atoms with van der Waals surface area (Å²) in [4.78, 5) is 12.1. The first-order valence-corrected chi connectivity index (χ1v) is 8.43. The second-order valence-electron chi connectivity index (χ2n) is 6.20. The van der Waals surface area contributed by atoms with E-state index in [1.54, 1.807) is 19.1 Å². The van der Waals surface area contributed by atoms with E-state index >= 15 is 0 Å². The lowest BCUT2D eigenvalue weighted by Crippen LogP contribution is -2.45. The van der Waals surface area contributed by atoms with Gasteiger partial charge in [-0.2, -0.15) is 13.2 Å². The lowest BCUT2D eigenvalue weighted by molar-refractivity contribution is -0.137. The van der Waals surface area contributed by atoms with Gasteiger partial charge >= 0.3 is 12.2 Å². The summed E-state index contributed by atoms with van der Waals surface area (Å²) < 4.78 is 49.7. The van der Waals surface area contributed by atoms with E-state index in [1.165, 1.54) is 12.1 Å². The molecule has 0 fully saturated rings. The average Bonchev–Trinajstić information content (AvgIpc) is 2.65. The molecule has 0 aliphatic carbocycles. The van der Waals surface area contributed by atoms with Crippen LogP contribution >= 0.6 is 0 Å². The zero-order valence-corrected chi connectivity index (χ0v) is 14.5. The van der Waals surface area contributed by atoms with Gasteiger partial charge in [0.15, 0.2) is 17.6 Å². The predicted octanol–water partition coefficient (Wildman–Crippen LogP) is 3.91. The molecule has 0 saturated carbocycles. The van der Waals surface area contributed by atoms with E-state index in [1.807, 2.05) is 12.1 Å². The highest BCUT2D eigenvalue weighted by molar-refractivity contribution is 5.74. The maximum absolute atomic E-state index is 12.8. The maximum atomic E-state index is 12.8. The minimum absolute atomic E-state index is 0.204. The van der Waals surface area contributed by atoms with Gasteiger partial charge in [-0.3, -0.25) is 0 Å². The summed E-state index contributed by atoms with van der Waals surface area (Å²) in [6.07, 6.45) is -4.78. The maximum Gasteiger partial charge on any atom is 0.416 e. The average molecular weight is 380 g/mol. The van der Waals surface area contributed by atoms with Crippen LogP contribution in [0.3, 0.4) is 0 Å². The molecular formula is C19H19F3N2O3. The molecule has 144 valence electrons. The first-order valence-electron chi connectivity index (χ1n) is 8.43. The minimum Gasteiger partial charge on any atom is -0.486 e. The Labute approximate surface area is 154 Å². The van der Waals surface area contributed by atoms with E-state index < -0.39 is 23.8 Å². The van der Waals surface area contributed by atoms with E-state index in [9.17, 15) is 18.0 Å². The molecule has 2 unspecified atom stereocenters. The van der Waals surface area contributed by atoms with Gasteiger partial charge in [0, 0.05) is 0 Å². The quantitative estimate of drug-likeness (QED) is 0.846. The van der Waals surface area contributed by atoms with Crippen molar-refractivity contribution in [3.05, 3.63) is 59.7 Å². The second-order valence-corrected chi connectivity index (χ2v) is 6.20. The molecule has 5 nitrogen and oxygen atoms in total. The third-order valence-corrected chi connectivity index (χ3v) is 4.12. The van der Waals surface area contributed by atoms with Crippen LogP contribution in [-0.4, -0.2) is 25.3 Å². The van der Waals surface area contributed by atoms with Gasteiger partial charge < -0.3 is 20.1 Å². The Kier molecular flexibility index (Phi) is 5.43. The first-order chi connectivity index (χ1) is 12.8. The normalized spacial score (nSPS) is 17.1. The van der Waals surface area contributed by atoms with Gasteiger partial charge in [-0.15, -0.1) is 0 Å². The Morgan fingerprint density at radius 1 is 1.19 bits per heavy atom. The molecule has 2 amide bonds. The van der Waals surface area contributed by atoms with Crippen LogP contribution in [0.2, 0.25) is 0 Å². The van der Waals surface area contributed by atoms with Gasteiger partial charge in [0.25, 0.3) is 0 Å². The van der Waals surface area contributed by atoms with Crippen LogP contribution < -0.4 is 20.1 Å². The monoisotopic (exact) mass is 380 g/mol. The van der Waals surface area contributed by atoms with Crippen molar-refractivity contribution < 1.29 is 27.4 Å². The highest BCUT2D eigenvalue weighted by Crippen LogP contribution is 2.31. The fourth-order valence-corrected chi connectivity index (χ4v) is 2.69. The molecular weight excluding hydrogens is 361 g/mol. The Morgan fingerprint density at radius 2 is 1.93 bits per heavy atom. The summed E-state index contributed by atoms with van der Waals surface area (Å²) in [7, 11) is 0. The van der Waals surface area contributed by atoms with E-state index in [2.05, 4.69) is 10.6 Å². The van der Waals surface area contributed by atoms with Crippen molar-refractivity contribution in [2.75, 3.05) is 13.2 Å². The number of hydrogen-bond donors (Lipinski definition) is 2. The van der Waals surface area contributed by atoms with Gasteiger partial charge in [-0.05, 0) is 36.8 Å². The number of ether oxygens (including phenoxy) is 2. The van der Waals surface area contributed by atoms with E-state index in [4.69, 9.17) is 9.47 Å². The van der Waals surface area contributed by atoms with E-state index in [-0.39, 0.29) is 12.6 Å². The van der Waals surface area contributed by atoms with Crippen molar-refractivity contribution in [3.8, 4) is 11.5 Å². The smallest absolute Gasteiger partial charge is 0.416 e. The van der Waals surface area contributed by atoms with Crippen molar-refractivity contribution in [2.45, 2.75) is 25.2 Å². The number of alkyl halides is 3. The molecule has 27 heavy (non-hydrogen) atoms. The van der Waals surface area contributed by atoms with Crippen molar-refractivity contribution in [2.24, 2.45) is 0 Å². The van der Waals surface area contributed by atoms with Crippen molar-refractivity contribution in [1.29, 1.82) is 0 Å². The number of carbonyl (C=O) groups excluding carboxylic acids is 1. The summed E-state index contributed by atoms with van der Waals surface area (Å²) in [5.41, 5.74) is -0.383. The standard InChI is InChI=1S/C19H19F3N2O3/c1-12(13-5-4-6-14(9-13)19(20,21)22)24-18(25)23-10-15-11-26-16-7-2-3-8-17(16)27-15/h2-9,12,15H,10-11H2,1H3,(H2,23,24,25).